The third-order valence-electron chi connectivity index (χ3n) is 5.82. The maximum atomic E-state index is 13.4. The average Bonchev–Trinajstić information content (AvgIpc) is 3.50. The molecule has 1 aliphatic carbocycles. The third kappa shape index (κ3) is 3.33. The van der Waals surface area contributed by atoms with Crippen molar-refractivity contribution in [3.05, 3.63) is 59.2 Å². The van der Waals surface area contributed by atoms with E-state index in [1.165, 1.54) is 12.1 Å². The lowest BCUT2D eigenvalue weighted by atomic mass is 9.98. The van der Waals surface area contributed by atoms with Crippen molar-refractivity contribution in [3.8, 4) is 11.6 Å². The first-order valence-corrected chi connectivity index (χ1v) is 10.1. The zero-order valence-electron chi connectivity index (χ0n) is 16.7. The summed E-state index contributed by atoms with van der Waals surface area (Å²) in [6.07, 6.45) is 6.03. The number of anilines is 2. The SMILES string of the molecule is Fc1cc2c(cc1F)CC(Nc1cnc(-c3nnc(N4CC(c5cn[nH]n5)C4)o3)cn1)C2. The van der Waals surface area contributed by atoms with Crippen molar-refractivity contribution >= 4 is 11.8 Å². The monoisotopic (exact) mass is 437 g/mol. The number of hydrogen-bond acceptors (Lipinski definition) is 9. The Morgan fingerprint density at radius 1 is 1.00 bits per heavy atom. The quantitative estimate of drug-likeness (QED) is 0.483. The van der Waals surface area contributed by atoms with Gasteiger partial charge >= 0.3 is 6.01 Å². The van der Waals surface area contributed by atoms with E-state index in [1.807, 2.05) is 4.90 Å². The van der Waals surface area contributed by atoms with Gasteiger partial charge in [-0.2, -0.15) is 15.4 Å². The van der Waals surface area contributed by atoms with Crippen molar-refractivity contribution in [1.82, 2.24) is 35.6 Å². The summed E-state index contributed by atoms with van der Waals surface area (Å²) in [6.45, 7) is 1.44. The summed E-state index contributed by atoms with van der Waals surface area (Å²) >= 11 is 0. The van der Waals surface area contributed by atoms with Crippen LogP contribution >= 0.6 is 0 Å². The first-order chi connectivity index (χ1) is 15.6. The molecule has 1 fully saturated rings. The zero-order chi connectivity index (χ0) is 21.7. The fourth-order valence-electron chi connectivity index (χ4n) is 4.11. The Kier molecular flexibility index (Phi) is 4.30. The topological polar surface area (TPSA) is 122 Å². The van der Waals surface area contributed by atoms with Crippen LogP contribution < -0.4 is 10.2 Å². The van der Waals surface area contributed by atoms with Crippen LogP contribution in [0.25, 0.3) is 11.6 Å². The van der Waals surface area contributed by atoms with Crippen LogP contribution in [0.2, 0.25) is 0 Å². The predicted octanol–water partition coefficient (Wildman–Crippen LogP) is 2.11. The van der Waals surface area contributed by atoms with Gasteiger partial charge in [-0.25, -0.2) is 18.7 Å². The lowest BCUT2D eigenvalue weighted by molar-refractivity contribution is 0.448. The number of aromatic nitrogens is 7. The van der Waals surface area contributed by atoms with Gasteiger partial charge in [0.25, 0.3) is 5.89 Å². The van der Waals surface area contributed by atoms with Gasteiger partial charge in [-0.15, -0.1) is 5.10 Å². The summed E-state index contributed by atoms with van der Waals surface area (Å²) in [4.78, 5) is 10.7. The number of rotatable bonds is 5. The standard InChI is InChI=1S/C20H17F2N9O/c21-14-3-10-1-13(2-11(10)4-15(14)22)26-18-7-23-17(5-24-18)19-28-29-20(32-19)31-8-12(9-31)16-6-25-30-27-16/h3-7,12-13H,1-2,8-9H2,(H,24,26)(H,25,27,30). The molecule has 3 aromatic heterocycles. The predicted molar refractivity (Wildman–Crippen MR) is 108 cm³/mol. The number of aromatic amines is 1. The number of halogens is 2. The number of H-pyrrole nitrogens is 1. The maximum Gasteiger partial charge on any atom is 0.318 e. The molecule has 0 atom stereocenters. The van der Waals surface area contributed by atoms with E-state index in [9.17, 15) is 8.78 Å². The van der Waals surface area contributed by atoms with Crippen LogP contribution in [0.3, 0.4) is 0 Å². The number of nitrogens with one attached hydrogen (secondary N) is 2. The van der Waals surface area contributed by atoms with Gasteiger partial charge in [-0.3, -0.25) is 0 Å². The van der Waals surface area contributed by atoms with Gasteiger partial charge in [0.1, 0.15) is 11.5 Å². The summed E-state index contributed by atoms with van der Waals surface area (Å²) < 4.78 is 32.6. The van der Waals surface area contributed by atoms with E-state index >= 15 is 0 Å². The Hall–Kier alpha value is -3.96. The van der Waals surface area contributed by atoms with Gasteiger partial charge in [0.05, 0.1) is 24.3 Å². The van der Waals surface area contributed by atoms with Crippen LogP contribution in [0.15, 0.2) is 35.1 Å². The molecule has 0 saturated carbocycles. The van der Waals surface area contributed by atoms with Crippen molar-refractivity contribution in [2.75, 3.05) is 23.3 Å². The van der Waals surface area contributed by atoms with Crippen LogP contribution in [-0.2, 0) is 12.8 Å². The zero-order valence-corrected chi connectivity index (χ0v) is 16.7. The summed E-state index contributed by atoms with van der Waals surface area (Å²) in [5.41, 5.74) is 2.99. The molecule has 1 saturated heterocycles. The summed E-state index contributed by atoms with van der Waals surface area (Å²) in [6, 6.07) is 2.94. The van der Waals surface area contributed by atoms with Crippen molar-refractivity contribution in [2.45, 2.75) is 24.8 Å². The molecule has 10 nitrogen and oxygen atoms in total. The average molecular weight is 437 g/mol. The van der Waals surface area contributed by atoms with Crippen LogP contribution in [-0.4, -0.2) is 54.7 Å². The van der Waals surface area contributed by atoms with Gasteiger partial charge < -0.3 is 14.6 Å². The summed E-state index contributed by atoms with van der Waals surface area (Å²) in [5, 5.41) is 22.0. The van der Waals surface area contributed by atoms with Gasteiger partial charge in [-0.05, 0) is 36.1 Å². The second kappa shape index (κ2) is 7.32. The minimum absolute atomic E-state index is 0.00886. The Morgan fingerprint density at radius 2 is 1.78 bits per heavy atom. The molecule has 2 N–H and O–H groups in total. The lowest BCUT2D eigenvalue weighted by Gasteiger charge is -2.36. The number of benzene rings is 1. The molecule has 32 heavy (non-hydrogen) atoms. The first-order valence-electron chi connectivity index (χ1n) is 10.1. The van der Waals surface area contributed by atoms with Crippen molar-refractivity contribution in [1.29, 1.82) is 0 Å². The number of nitrogens with zero attached hydrogens (tertiary/aromatic N) is 7. The molecule has 6 rings (SSSR count). The molecule has 4 heterocycles. The molecule has 4 aromatic rings. The van der Waals surface area contributed by atoms with Gasteiger partial charge in [0, 0.05) is 25.0 Å². The molecule has 12 heteroatoms. The van der Waals surface area contributed by atoms with E-state index in [-0.39, 0.29) is 17.9 Å². The Balaban J connectivity index is 1.08. The third-order valence-corrected chi connectivity index (χ3v) is 5.82. The Labute approximate surface area is 180 Å². The normalized spacial score (nSPS) is 16.2. The molecular weight excluding hydrogens is 420 g/mol. The molecule has 1 aromatic carbocycles. The Morgan fingerprint density at radius 3 is 2.44 bits per heavy atom. The lowest BCUT2D eigenvalue weighted by Crippen LogP contribution is -2.45. The smallest absolute Gasteiger partial charge is 0.318 e. The van der Waals surface area contributed by atoms with Crippen LogP contribution in [0, 0.1) is 11.6 Å². The minimum atomic E-state index is -0.820. The first kappa shape index (κ1) is 18.8. The highest BCUT2D eigenvalue weighted by Gasteiger charge is 2.33. The molecule has 0 radical (unpaired) electrons. The Bertz CT molecular complexity index is 1220. The molecule has 162 valence electrons. The summed E-state index contributed by atoms with van der Waals surface area (Å²) in [5.74, 6) is -0.517. The van der Waals surface area contributed by atoms with Gasteiger partial charge in [-0.1, -0.05) is 5.10 Å². The van der Waals surface area contributed by atoms with E-state index in [2.05, 4.69) is 40.9 Å². The molecule has 0 unspecified atom stereocenters. The second-order valence-electron chi connectivity index (χ2n) is 7.96. The van der Waals surface area contributed by atoms with E-state index in [0.29, 0.717) is 30.4 Å². The van der Waals surface area contributed by atoms with Crippen LogP contribution in [0.1, 0.15) is 22.7 Å². The number of hydrogen-bond donors (Lipinski definition) is 2. The van der Waals surface area contributed by atoms with E-state index in [1.54, 1.807) is 18.6 Å². The molecule has 0 bridgehead atoms. The van der Waals surface area contributed by atoms with Crippen LogP contribution in [0.4, 0.5) is 20.6 Å². The highest BCUT2D eigenvalue weighted by atomic mass is 19.2. The largest absolute Gasteiger partial charge is 0.401 e. The second-order valence-corrected chi connectivity index (χ2v) is 7.96. The van der Waals surface area contributed by atoms with Crippen LogP contribution in [0.5, 0.6) is 0 Å². The fraction of sp³-hybridized carbons (Fsp3) is 0.300. The highest BCUT2D eigenvalue weighted by Crippen LogP contribution is 2.31. The molecule has 1 aliphatic heterocycles. The maximum absolute atomic E-state index is 13.4. The highest BCUT2D eigenvalue weighted by molar-refractivity contribution is 5.49. The fourth-order valence-corrected chi connectivity index (χ4v) is 4.11. The molecule has 0 amide bonds. The van der Waals surface area contributed by atoms with E-state index in [0.717, 1.165) is 29.9 Å². The van der Waals surface area contributed by atoms with E-state index < -0.39 is 11.6 Å². The molecule has 2 aliphatic rings. The van der Waals surface area contributed by atoms with Crippen molar-refractivity contribution < 1.29 is 13.2 Å². The van der Waals surface area contributed by atoms with Gasteiger partial charge in [0.15, 0.2) is 11.6 Å². The summed E-state index contributed by atoms with van der Waals surface area (Å²) in [7, 11) is 0. The molecular formula is C20H17F2N9O. The number of fused-ring (bicyclic) bond motifs is 1. The minimum Gasteiger partial charge on any atom is -0.401 e. The van der Waals surface area contributed by atoms with Crippen molar-refractivity contribution in [3.63, 3.8) is 0 Å². The van der Waals surface area contributed by atoms with Crippen molar-refractivity contribution in [2.24, 2.45) is 0 Å². The molecule has 0 spiro atoms. The van der Waals surface area contributed by atoms with Gasteiger partial charge in [0.2, 0.25) is 0 Å². The van der Waals surface area contributed by atoms with E-state index in [4.69, 9.17) is 4.42 Å².